The molecule has 1 aromatic carbocycles. The van der Waals surface area contributed by atoms with Gasteiger partial charge in [0.2, 0.25) is 5.91 Å². The molecular formula is C15H19NO4S. The molecule has 0 saturated carbocycles. The smallest absolute Gasteiger partial charge is 0.326 e. The molecule has 0 radical (unpaired) electrons. The molecule has 114 valence electrons. The topological polar surface area (TPSA) is 66.8 Å². The zero-order chi connectivity index (χ0) is 15.2. The average Bonchev–Trinajstić information content (AvgIpc) is 2.97. The van der Waals surface area contributed by atoms with Crippen molar-refractivity contribution in [1.82, 2.24) is 4.90 Å². The van der Waals surface area contributed by atoms with E-state index in [9.17, 15) is 9.59 Å². The van der Waals surface area contributed by atoms with Crippen molar-refractivity contribution in [3.05, 3.63) is 24.3 Å². The number of likely N-dealkylation sites (tertiary alicyclic amines) is 1. The van der Waals surface area contributed by atoms with Crippen molar-refractivity contribution in [3.63, 3.8) is 0 Å². The Morgan fingerprint density at radius 2 is 2.10 bits per heavy atom. The van der Waals surface area contributed by atoms with Crippen LogP contribution in [0.5, 0.6) is 5.75 Å². The van der Waals surface area contributed by atoms with Gasteiger partial charge in [0.25, 0.3) is 0 Å². The monoisotopic (exact) mass is 309 g/mol. The minimum absolute atomic E-state index is 0.0686. The van der Waals surface area contributed by atoms with Gasteiger partial charge in [0.1, 0.15) is 11.8 Å². The highest BCUT2D eigenvalue weighted by Gasteiger charge is 2.33. The van der Waals surface area contributed by atoms with Gasteiger partial charge in [0.05, 0.1) is 7.11 Å². The van der Waals surface area contributed by atoms with E-state index in [4.69, 9.17) is 9.84 Å². The molecule has 0 aromatic heterocycles. The van der Waals surface area contributed by atoms with Crippen LogP contribution >= 0.6 is 11.8 Å². The molecule has 2 rings (SSSR count). The number of rotatable bonds is 6. The van der Waals surface area contributed by atoms with Gasteiger partial charge in [-0.05, 0) is 37.1 Å². The SMILES string of the molecule is COc1ccc(SCCC(=O)N2CCC[C@H]2C(=O)O)cc1. The predicted octanol–water partition coefficient (Wildman–Crippen LogP) is 2.25. The van der Waals surface area contributed by atoms with Crippen LogP contribution in [0, 0.1) is 0 Å². The van der Waals surface area contributed by atoms with E-state index in [-0.39, 0.29) is 5.91 Å². The van der Waals surface area contributed by atoms with Crippen molar-refractivity contribution in [2.24, 2.45) is 0 Å². The molecule has 1 atom stereocenters. The van der Waals surface area contributed by atoms with Crippen LogP contribution < -0.4 is 4.74 Å². The molecule has 0 unspecified atom stereocenters. The van der Waals surface area contributed by atoms with Gasteiger partial charge in [0.15, 0.2) is 0 Å². The minimum atomic E-state index is -0.899. The number of methoxy groups -OCH3 is 1. The Labute approximate surface area is 128 Å². The average molecular weight is 309 g/mol. The summed E-state index contributed by atoms with van der Waals surface area (Å²) in [6.45, 7) is 0.559. The maximum absolute atomic E-state index is 12.1. The number of hydrogen-bond acceptors (Lipinski definition) is 4. The van der Waals surface area contributed by atoms with E-state index in [0.29, 0.717) is 25.1 Å². The lowest BCUT2D eigenvalue weighted by atomic mass is 10.2. The third-order valence-corrected chi connectivity index (χ3v) is 4.52. The van der Waals surface area contributed by atoms with Crippen LogP contribution in [0.2, 0.25) is 0 Å². The lowest BCUT2D eigenvalue weighted by Gasteiger charge is -2.21. The number of carbonyl (C=O) groups excluding carboxylic acids is 1. The van der Waals surface area contributed by atoms with Crippen LogP contribution in [-0.2, 0) is 9.59 Å². The summed E-state index contributed by atoms with van der Waals surface area (Å²) < 4.78 is 5.09. The van der Waals surface area contributed by atoms with Crippen LogP contribution in [0.25, 0.3) is 0 Å². The summed E-state index contributed by atoms with van der Waals surface area (Å²) in [6, 6.07) is 7.02. The highest BCUT2D eigenvalue weighted by molar-refractivity contribution is 7.99. The molecule has 1 saturated heterocycles. The van der Waals surface area contributed by atoms with Crippen LogP contribution in [-0.4, -0.2) is 47.3 Å². The number of carboxylic acid groups (broad SMARTS) is 1. The quantitative estimate of drug-likeness (QED) is 0.816. The molecule has 0 spiro atoms. The van der Waals surface area contributed by atoms with Crippen LogP contribution in [0.1, 0.15) is 19.3 Å². The molecule has 1 aromatic rings. The van der Waals surface area contributed by atoms with E-state index in [0.717, 1.165) is 17.1 Å². The minimum Gasteiger partial charge on any atom is -0.497 e. The highest BCUT2D eigenvalue weighted by atomic mass is 32.2. The zero-order valence-corrected chi connectivity index (χ0v) is 12.8. The number of benzene rings is 1. The van der Waals surface area contributed by atoms with E-state index in [1.807, 2.05) is 24.3 Å². The molecular weight excluding hydrogens is 290 g/mol. The van der Waals surface area contributed by atoms with Crippen LogP contribution in [0.15, 0.2) is 29.2 Å². The van der Waals surface area contributed by atoms with Gasteiger partial charge < -0.3 is 14.7 Å². The third-order valence-electron chi connectivity index (χ3n) is 3.50. The first-order valence-corrected chi connectivity index (χ1v) is 7.89. The van der Waals surface area contributed by atoms with Gasteiger partial charge in [-0.1, -0.05) is 0 Å². The largest absolute Gasteiger partial charge is 0.497 e. The summed E-state index contributed by atoms with van der Waals surface area (Å²) in [7, 11) is 1.62. The van der Waals surface area contributed by atoms with E-state index in [2.05, 4.69) is 0 Å². The molecule has 1 amide bonds. The Balaban J connectivity index is 1.79. The van der Waals surface area contributed by atoms with Crippen molar-refractivity contribution >= 4 is 23.6 Å². The summed E-state index contributed by atoms with van der Waals surface area (Å²) >= 11 is 1.59. The first-order valence-electron chi connectivity index (χ1n) is 6.91. The summed E-state index contributed by atoms with van der Waals surface area (Å²) in [5, 5.41) is 9.07. The molecule has 1 heterocycles. The van der Waals surface area contributed by atoms with Crippen molar-refractivity contribution in [1.29, 1.82) is 0 Å². The lowest BCUT2D eigenvalue weighted by Crippen LogP contribution is -2.40. The molecule has 0 bridgehead atoms. The Bertz CT molecular complexity index is 503. The number of carbonyl (C=O) groups is 2. The van der Waals surface area contributed by atoms with E-state index >= 15 is 0 Å². The summed E-state index contributed by atoms with van der Waals surface area (Å²) in [5.41, 5.74) is 0. The van der Waals surface area contributed by atoms with Gasteiger partial charge in [-0.3, -0.25) is 4.79 Å². The lowest BCUT2D eigenvalue weighted by molar-refractivity contribution is -0.148. The van der Waals surface area contributed by atoms with Gasteiger partial charge in [-0.2, -0.15) is 0 Å². The van der Waals surface area contributed by atoms with Crippen molar-refractivity contribution < 1.29 is 19.4 Å². The molecule has 5 nitrogen and oxygen atoms in total. The second-order valence-corrected chi connectivity index (χ2v) is 6.03. The Morgan fingerprint density at radius 3 is 2.71 bits per heavy atom. The van der Waals surface area contributed by atoms with Crippen LogP contribution in [0.4, 0.5) is 0 Å². The van der Waals surface area contributed by atoms with Crippen molar-refractivity contribution in [2.45, 2.75) is 30.2 Å². The zero-order valence-electron chi connectivity index (χ0n) is 11.9. The van der Waals surface area contributed by atoms with Crippen molar-refractivity contribution in [2.75, 3.05) is 19.4 Å². The predicted molar refractivity (Wildman–Crippen MR) is 80.7 cm³/mol. The van der Waals surface area contributed by atoms with E-state index in [1.54, 1.807) is 18.9 Å². The number of amides is 1. The number of thioether (sulfide) groups is 1. The molecule has 6 heteroatoms. The first-order chi connectivity index (χ1) is 10.1. The second-order valence-electron chi connectivity index (χ2n) is 4.86. The summed E-state index contributed by atoms with van der Waals surface area (Å²) in [5.74, 6) is 0.481. The molecule has 1 aliphatic rings. The molecule has 0 aliphatic carbocycles. The summed E-state index contributed by atoms with van der Waals surface area (Å²) in [4.78, 5) is 25.7. The second kappa shape index (κ2) is 7.36. The maximum Gasteiger partial charge on any atom is 0.326 e. The molecule has 21 heavy (non-hydrogen) atoms. The van der Waals surface area contributed by atoms with Gasteiger partial charge in [0, 0.05) is 23.6 Å². The number of aliphatic carboxylic acids is 1. The maximum atomic E-state index is 12.1. The molecule has 1 N–H and O–H groups in total. The number of hydrogen-bond donors (Lipinski definition) is 1. The van der Waals surface area contributed by atoms with Crippen LogP contribution in [0.3, 0.4) is 0 Å². The first kappa shape index (κ1) is 15.7. The highest BCUT2D eigenvalue weighted by Crippen LogP contribution is 2.23. The van der Waals surface area contributed by atoms with Gasteiger partial charge in [-0.25, -0.2) is 4.79 Å². The normalized spacial score (nSPS) is 17.8. The van der Waals surface area contributed by atoms with E-state index in [1.165, 1.54) is 4.90 Å². The fourth-order valence-electron chi connectivity index (χ4n) is 2.39. The Morgan fingerprint density at radius 1 is 1.38 bits per heavy atom. The molecule has 1 aliphatic heterocycles. The third kappa shape index (κ3) is 4.14. The van der Waals surface area contributed by atoms with E-state index < -0.39 is 12.0 Å². The summed E-state index contributed by atoms with van der Waals surface area (Å²) in [6.07, 6.45) is 1.70. The standard InChI is InChI=1S/C15H19NO4S/c1-20-11-4-6-12(7-5-11)21-10-8-14(17)16-9-2-3-13(16)15(18)19/h4-7,13H,2-3,8-10H2,1H3,(H,18,19)/t13-/m0/s1. The number of ether oxygens (including phenoxy) is 1. The Kier molecular flexibility index (Phi) is 5.50. The fourth-order valence-corrected chi connectivity index (χ4v) is 3.23. The number of carboxylic acids is 1. The molecule has 1 fully saturated rings. The van der Waals surface area contributed by atoms with Gasteiger partial charge >= 0.3 is 5.97 Å². The Hall–Kier alpha value is -1.69. The van der Waals surface area contributed by atoms with Gasteiger partial charge in [-0.15, -0.1) is 11.8 Å². The van der Waals surface area contributed by atoms with Crippen molar-refractivity contribution in [3.8, 4) is 5.75 Å². The number of nitrogens with zero attached hydrogens (tertiary/aromatic N) is 1. The fraction of sp³-hybridized carbons (Fsp3) is 0.467.